The van der Waals surface area contributed by atoms with Gasteiger partial charge in [0.25, 0.3) is 0 Å². The second-order valence-electron chi connectivity index (χ2n) is 8.25. The SMILES string of the molecule is CCc1ccc(CN2CCC3(CC2)CC(N(C)Cc2ccccc2)CO3)o1. The van der Waals surface area contributed by atoms with Gasteiger partial charge in [-0.15, -0.1) is 0 Å². The Bertz CT molecular complexity index is 719. The highest BCUT2D eigenvalue weighted by molar-refractivity contribution is 5.14. The van der Waals surface area contributed by atoms with Crippen LogP contribution in [0.3, 0.4) is 0 Å². The van der Waals surface area contributed by atoms with E-state index in [-0.39, 0.29) is 5.60 Å². The number of ether oxygens (including phenoxy) is 1. The number of nitrogens with zero attached hydrogens (tertiary/aromatic N) is 2. The molecule has 0 bridgehead atoms. The molecule has 2 aliphatic rings. The van der Waals surface area contributed by atoms with Crippen LogP contribution >= 0.6 is 0 Å². The molecule has 1 aromatic heterocycles. The van der Waals surface area contributed by atoms with Crippen molar-refractivity contribution < 1.29 is 9.15 Å². The second kappa shape index (κ2) is 8.17. The first-order valence-electron chi connectivity index (χ1n) is 10.3. The average Bonchev–Trinajstić information content (AvgIpc) is 3.32. The van der Waals surface area contributed by atoms with Crippen molar-refractivity contribution in [2.24, 2.45) is 0 Å². The molecule has 0 radical (unpaired) electrons. The molecule has 27 heavy (non-hydrogen) atoms. The first-order valence-corrected chi connectivity index (χ1v) is 10.3. The van der Waals surface area contributed by atoms with Crippen LogP contribution in [0.2, 0.25) is 0 Å². The lowest BCUT2D eigenvalue weighted by atomic mass is 9.87. The fraction of sp³-hybridized carbons (Fsp3) is 0.565. The lowest BCUT2D eigenvalue weighted by Crippen LogP contribution is -2.44. The molecule has 2 fully saturated rings. The minimum Gasteiger partial charge on any atom is -0.465 e. The predicted molar refractivity (Wildman–Crippen MR) is 108 cm³/mol. The molecule has 0 aliphatic carbocycles. The van der Waals surface area contributed by atoms with E-state index in [2.05, 4.69) is 66.2 Å². The quantitative estimate of drug-likeness (QED) is 0.768. The van der Waals surface area contributed by atoms with Crippen LogP contribution < -0.4 is 0 Å². The molecule has 0 saturated carbocycles. The van der Waals surface area contributed by atoms with Gasteiger partial charge in [0.05, 0.1) is 18.8 Å². The Morgan fingerprint density at radius 3 is 2.52 bits per heavy atom. The Morgan fingerprint density at radius 2 is 1.81 bits per heavy atom. The van der Waals surface area contributed by atoms with Gasteiger partial charge >= 0.3 is 0 Å². The molecule has 2 aliphatic heterocycles. The van der Waals surface area contributed by atoms with Gasteiger partial charge in [-0.05, 0) is 44.0 Å². The maximum Gasteiger partial charge on any atom is 0.118 e. The summed E-state index contributed by atoms with van der Waals surface area (Å²) in [5.74, 6) is 2.18. The van der Waals surface area contributed by atoms with Crippen LogP contribution in [0.4, 0.5) is 0 Å². The van der Waals surface area contributed by atoms with Crippen molar-refractivity contribution in [3.05, 3.63) is 59.5 Å². The molecule has 1 unspecified atom stereocenters. The van der Waals surface area contributed by atoms with Crippen LogP contribution in [0.1, 0.15) is 43.3 Å². The summed E-state index contributed by atoms with van der Waals surface area (Å²) >= 11 is 0. The Morgan fingerprint density at radius 1 is 1.07 bits per heavy atom. The Kier molecular flexibility index (Phi) is 5.67. The molecule has 4 heteroatoms. The van der Waals surface area contributed by atoms with E-state index in [4.69, 9.17) is 9.15 Å². The van der Waals surface area contributed by atoms with Crippen molar-refractivity contribution in [1.82, 2.24) is 9.80 Å². The first-order chi connectivity index (χ1) is 13.2. The molecular weight excluding hydrogens is 336 g/mol. The summed E-state index contributed by atoms with van der Waals surface area (Å²) in [6.45, 7) is 7.11. The van der Waals surface area contributed by atoms with E-state index in [9.17, 15) is 0 Å². The lowest BCUT2D eigenvalue weighted by molar-refractivity contribution is -0.0461. The zero-order valence-corrected chi connectivity index (χ0v) is 16.7. The predicted octanol–water partition coefficient (Wildman–Crippen LogP) is 4.10. The molecule has 146 valence electrons. The van der Waals surface area contributed by atoms with Gasteiger partial charge in [-0.2, -0.15) is 0 Å². The highest BCUT2D eigenvalue weighted by Gasteiger charge is 2.43. The summed E-state index contributed by atoms with van der Waals surface area (Å²) in [6, 6.07) is 15.5. The maximum atomic E-state index is 6.38. The van der Waals surface area contributed by atoms with E-state index in [0.717, 1.165) is 70.0 Å². The van der Waals surface area contributed by atoms with E-state index in [1.807, 2.05) is 0 Å². The number of furan rings is 1. The van der Waals surface area contributed by atoms with Crippen LogP contribution in [-0.4, -0.2) is 48.2 Å². The van der Waals surface area contributed by atoms with Crippen LogP contribution in [-0.2, 0) is 24.2 Å². The number of hydrogen-bond acceptors (Lipinski definition) is 4. The van der Waals surface area contributed by atoms with Crippen molar-refractivity contribution in [3.63, 3.8) is 0 Å². The fourth-order valence-electron chi connectivity index (χ4n) is 4.49. The topological polar surface area (TPSA) is 28.9 Å². The fourth-order valence-corrected chi connectivity index (χ4v) is 4.49. The normalized spacial score (nSPS) is 22.7. The smallest absolute Gasteiger partial charge is 0.118 e. The summed E-state index contributed by atoms with van der Waals surface area (Å²) in [4.78, 5) is 4.97. The van der Waals surface area contributed by atoms with Crippen LogP contribution in [0, 0.1) is 0 Å². The molecular formula is C23H32N2O2. The van der Waals surface area contributed by atoms with Crippen molar-refractivity contribution >= 4 is 0 Å². The minimum absolute atomic E-state index is 0.0872. The van der Waals surface area contributed by atoms with Gasteiger partial charge in [0.2, 0.25) is 0 Å². The van der Waals surface area contributed by atoms with Gasteiger partial charge in [0.1, 0.15) is 11.5 Å². The summed E-state index contributed by atoms with van der Waals surface area (Å²) < 4.78 is 12.3. The second-order valence-corrected chi connectivity index (χ2v) is 8.25. The molecule has 2 aromatic rings. The number of hydrogen-bond donors (Lipinski definition) is 0. The summed E-state index contributed by atoms with van der Waals surface area (Å²) in [5.41, 5.74) is 1.46. The zero-order valence-electron chi connectivity index (χ0n) is 16.7. The average molecular weight is 369 g/mol. The van der Waals surface area contributed by atoms with E-state index in [1.165, 1.54) is 5.56 Å². The number of likely N-dealkylation sites (N-methyl/N-ethyl adjacent to an activating group) is 1. The van der Waals surface area contributed by atoms with Crippen molar-refractivity contribution in [1.29, 1.82) is 0 Å². The standard InChI is InChI=1S/C23H32N2O2/c1-3-21-9-10-22(27-21)17-25-13-11-23(12-14-25)15-20(18-26-23)24(2)16-19-7-5-4-6-8-19/h4-10,20H,3,11-18H2,1-2H3. The highest BCUT2D eigenvalue weighted by atomic mass is 16.5. The largest absolute Gasteiger partial charge is 0.465 e. The van der Waals surface area contributed by atoms with Gasteiger partial charge in [0.15, 0.2) is 0 Å². The van der Waals surface area contributed by atoms with Crippen molar-refractivity contribution in [3.8, 4) is 0 Å². The van der Waals surface area contributed by atoms with Gasteiger partial charge in [0, 0.05) is 32.1 Å². The number of aryl methyl sites for hydroxylation is 1. The third kappa shape index (κ3) is 4.45. The van der Waals surface area contributed by atoms with Crippen LogP contribution in [0.15, 0.2) is 46.9 Å². The molecule has 4 nitrogen and oxygen atoms in total. The highest BCUT2D eigenvalue weighted by Crippen LogP contribution is 2.38. The number of rotatable bonds is 6. The number of benzene rings is 1. The summed E-state index contributed by atoms with van der Waals surface area (Å²) in [6.07, 6.45) is 4.38. The molecule has 0 N–H and O–H groups in total. The minimum atomic E-state index is 0.0872. The van der Waals surface area contributed by atoms with E-state index < -0.39 is 0 Å². The molecule has 4 rings (SSSR count). The third-order valence-corrected chi connectivity index (χ3v) is 6.30. The molecule has 0 amide bonds. The Hall–Kier alpha value is -1.62. The lowest BCUT2D eigenvalue weighted by Gasteiger charge is -2.38. The van der Waals surface area contributed by atoms with Crippen LogP contribution in [0.25, 0.3) is 0 Å². The first kappa shape index (κ1) is 18.7. The molecule has 2 saturated heterocycles. The van der Waals surface area contributed by atoms with E-state index >= 15 is 0 Å². The van der Waals surface area contributed by atoms with Crippen LogP contribution in [0.5, 0.6) is 0 Å². The summed E-state index contributed by atoms with van der Waals surface area (Å²) in [7, 11) is 2.23. The van der Waals surface area contributed by atoms with Crippen molar-refractivity contribution in [2.45, 2.75) is 57.3 Å². The molecule has 1 aromatic carbocycles. The van der Waals surface area contributed by atoms with Gasteiger partial charge < -0.3 is 9.15 Å². The summed E-state index contributed by atoms with van der Waals surface area (Å²) in [5, 5.41) is 0. The van der Waals surface area contributed by atoms with E-state index in [0.29, 0.717) is 6.04 Å². The van der Waals surface area contributed by atoms with Gasteiger partial charge in [-0.3, -0.25) is 9.80 Å². The maximum absolute atomic E-state index is 6.38. The molecule has 3 heterocycles. The van der Waals surface area contributed by atoms with Crippen molar-refractivity contribution in [2.75, 3.05) is 26.7 Å². The number of likely N-dealkylation sites (tertiary alicyclic amines) is 1. The number of piperidine rings is 1. The molecule has 1 spiro atoms. The van der Waals surface area contributed by atoms with Gasteiger partial charge in [-0.25, -0.2) is 0 Å². The van der Waals surface area contributed by atoms with Gasteiger partial charge in [-0.1, -0.05) is 37.3 Å². The molecule has 1 atom stereocenters. The Balaban J connectivity index is 1.27. The Labute approximate surface area is 163 Å². The van der Waals surface area contributed by atoms with E-state index in [1.54, 1.807) is 0 Å². The third-order valence-electron chi connectivity index (χ3n) is 6.30. The zero-order chi connectivity index (χ0) is 18.7. The monoisotopic (exact) mass is 368 g/mol.